The number of aliphatic imine (C=N–C) groups is 1. The minimum Gasteiger partial charge on any atom is -0.287 e. The predicted octanol–water partition coefficient (Wildman–Crippen LogP) is 3.44. The van der Waals surface area contributed by atoms with Crippen molar-refractivity contribution >= 4 is 11.3 Å². The molecule has 2 rings (SSSR count). The minimum absolute atomic E-state index is 0.972. The van der Waals surface area contributed by atoms with Crippen LogP contribution in [0.4, 0.5) is 0 Å². The lowest BCUT2D eigenvalue weighted by atomic mass is 9.94. The van der Waals surface area contributed by atoms with Gasteiger partial charge in [-0.15, -0.1) is 0 Å². The Morgan fingerprint density at radius 3 is 2.88 bits per heavy atom. The summed E-state index contributed by atoms with van der Waals surface area (Å²) in [7, 11) is 1.83. The molecule has 1 aromatic heterocycles. The fourth-order valence-electron chi connectivity index (χ4n) is 1.92. The first kappa shape index (κ1) is 11.5. The van der Waals surface area contributed by atoms with Crippen molar-refractivity contribution in [1.82, 2.24) is 4.98 Å². The first-order chi connectivity index (χ1) is 8.36. The number of aromatic nitrogens is 1. The van der Waals surface area contributed by atoms with Gasteiger partial charge in [-0.25, -0.2) is 0 Å². The van der Waals surface area contributed by atoms with Crippen molar-refractivity contribution in [2.24, 2.45) is 4.99 Å². The van der Waals surface area contributed by atoms with Crippen LogP contribution in [0.15, 0.2) is 59.3 Å². The van der Waals surface area contributed by atoms with Gasteiger partial charge in [-0.05, 0) is 24.1 Å². The summed E-state index contributed by atoms with van der Waals surface area (Å²) in [5.74, 6) is 0. The van der Waals surface area contributed by atoms with Gasteiger partial charge in [-0.3, -0.25) is 9.98 Å². The van der Waals surface area contributed by atoms with Gasteiger partial charge in [-0.1, -0.05) is 37.3 Å². The third-order valence-corrected chi connectivity index (χ3v) is 2.66. The van der Waals surface area contributed by atoms with Crippen LogP contribution in [-0.2, 0) is 0 Å². The van der Waals surface area contributed by atoms with Gasteiger partial charge in [0, 0.05) is 18.8 Å². The number of allylic oxidation sites excluding steroid dienone is 6. The van der Waals surface area contributed by atoms with Gasteiger partial charge in [0.1, 0.15) is 0 Å². The summed E-state index contributed by atoms with van der Waals surface area (Å²) in [6, 6.07) is 5.94. The Labute approximate surface area is 102 Å². The average Bonchev–Trinajstić information content (AvgIpc) is 2.40. The third kappa shape index (κ3) is 2.41. The lowest BCUT2D eigenvalue weighted by Gasteiger charge is -2.14. The van der Waals surface area contributed by atoms with Crippen molar-refractivity contribution in [3.8, 4) is 0 Å². The molecule has 86 valence electrons. The highest BCUT2D eigenvalue weighted by molar-refractivity contribution is 6.33. The topological polar surface area (TPSA) is 25.2 Å². The zero-order valence-corrected chi connectivity index (χ0v) is 10.2. The molecule has 0 amide bonds. The first-order valence-electron chi connectivity index (χ1n) is 5.84. The molecule has 0 radical (unpaired) electrons. The van der Waals surface area contributed by atoms with Crippen molar-refractivity contribution in [1.29, 1.82) is 0 Å². The highest BCUT2D eigenvalue weighted by Gasteiger charge is 2.15. The van der Waals surface area contributed by atoms with E-state index in [9.17, 15) is 0 Å². The summed E-state index contributed by atoms with van der Waals surface area (Å²) in [4.78, 5) is 8.78. The molecule has 17 heavy (non-hydrogen) atoms. The number of pyridine rings is 1. The van der Waals surface area contributed by atoms with Gasteiger partial charge in [0.15, 0.2) is 0 Å². The van der Waals surface area contributed by atoms with Crippen LogP contribution < -0.4 is 0 Å². The molecule has 1 aliphatic carbocycles. The van der Waals surface area contributed by atoms with Crippen molar-refractivity contribution < 1.29 is 0 Å². The molecule has 0 aliphatic heterocycles. The lowest BCUT2D eigenvalue weighted by Crippen LogP contribution is -2.08. The van der Waals surface area contributed by atoms with Crippen molar-refractivity contribution in [3.05, 3.63) is 60.0 Å². The average molecular weight is 224 g/mol. The molecular weight excluding hydrogens is 208 g/mol. The zero-order valence-electron chi connectivity index (χ0n) is 10.2. The van der Waals surface area contributed by atoms with Gasteiger partial charge in [-0.2, -0.15) is 0 Å². The maximum absolute atomic E-state index is 4.39. The maximum Gasteiger partial charge on any atom is 0.0733 e. The SMILES string of the molecule is CC/C=C1/C=CC=C(c2ccccn2)C1=NC. The Hall–Kier alpha value is -1.96. The molecule has 0 atom stereocenters. The molecule has 0 saturated heterocycles. The Bertz CT molecular complexity index is 505. The summed E-state index contributed by atoms with van der Waals surface area (Å²) in [5.41, 5.74) is 4.26. The van der Waals surface area contributed by atoms with Crippen molar-refractivity contribution in [3.63, 3.8) is 0 Å². The molecule has 0 N–H and O–H groups in total. The zero-order chi connectivity index (χ0) is 12.1. The van der Waals surface area contributed by atoms with Gasteiger partial charge < -0.3 is 0 Å². The molecule has 1 aliphatic rings. The van der Waals surface area contributed by atoms with E-state index in [1.54, 1.807) is 0 Å². The fraction of sp³-hybridized carbons (Fsp3) is 0.200. The summed E-state index contributed by atoms with van der Waals surface area (Å²) in [6.45, 7) is 2.13. The molecule has 0 bridgehead atoms. The van der Waals surface area contributed by atoms with Crippen molar-refractivity contribution in [2.45, 2.75) is 13.3 Å². The van der Waals surface area contributed by atoms with Gasteiger partial charge in [0.2, 0.25) is 0 Å². The number of hydrogen-bond acceptors (Lipinski definition) is 2. The number of rotatable bonds is 2. The van der Waals surface area contributed by atoms with E-state index in [4.69, 9.17) is 0 Å². The molecule has 0 fully saturated rings. The van der Waals surface area contributed by atoms with Gasteiger partial charge in [0.25, 0.3) is 0 Å². The normalized spacial score (nSPS) is 19.8. The highest BCUT2D eigenvalue weighted by Crippen LogP contribution is 2.23. The molecule has 0 unspecified atom stereocenters. The Morgan fingerprint density at radius 2 is 2.24 bits per heavy atom. The maximum atomic E-state index is 4.39. The van der Waals surface area contributed by atoms with Crippen LogP contribution in [-0.4, -0.2) is 17.7 Å². The Balaban J connectivity index is 2.45. The molecule has 2 nitrogen and oxygen atoms in total. The third-order valence-electron chi connectivity index (χ3n) is 2.66. The minimum atomic E-state index is 0.972. The van der Waals surface area contributed by atoms with E-state index in [1.807, 2.05) is 31.4 Å². The van der Waals surface area contributed by atoms with E-state index in [-0.39, 0.29) is 0 Å². The Kier molecular flexibility index (Phi) is 3.66. The van der Waals surface area contributed by atoms with Crippen LogP contribution in [0.2, 0.25) is 0 Å². The molecule has 0 spiro atoms. The van der Waals surface area contributed by atoms with E-state index in [0.717, 1.165) is 23.4 Å². The Morgan fingerprint density at radius 1 is 1.35 bits per heavy atom. The second-order valence-electron chi connectivity index (χ2n) is 3.79. The van der Waals surface area contributed by atoms with Gasteiger partial charge >= 0.3 is 0 Å². The smallest absolute Gasteiger partial charge is 0.0733 e. The molecule has 0 saturated carbocycles. The molecule has 1 heterocycles. The summed E-state index contributed by atoms with van der Waals surface area (Å²) in [5, 5.41) is 0. The summed E-state index contributed by atoms with van der Waals surface area (Å²) >= 11 is 0. The summed E-state index contributed by atoms with van der Waals surface area (Å²) in [6.07, 6.45) is 11.2. The predicted molar refractivity (Wildman–Crippen MR) is 73.1 cm³/mol. The largest absolute Gasteiger partial charge is 0.287 e. The van der Waals surface area contributed by atoms with E-state index >= 15 is 0 Å². The van der Waals surface area contributed by atoms with E-state index in [2.05, 4.69) is 41.2 Å². The van der Waals surface area contributed by atoms with E-state index < -0.39 is 0 Å². The number of nitrogens with zero attached hydrogens (tertiary/aromatic N) is 2. The molecule has 2 heteroatoms. The second kappa shape index (κ2) is 5.39. The molecule has 1 aromatic rings. The van der Waals surface area contributed by atoms with E-state index in [0.29, 0.717) is 0 Å². The highest BCUT2D eigenvalue weighted by atomic mass is 14.7. The number of hydrogen-bond donors (Lipinski definition) is 0. The second-order valence-corrected chi connectivity index (χ2v) is 3.79. The lowest BCUT2D eigenvalue weighted by molar-refractivity contribution is 1.21. The van der Waals surface area contributed by atoms with Crippen LogP contribution in [0.3, 0.4) is 0 Å². The molecular formula is C15H16N2. The van der Waals surface area contributed by atoms with Crippen LogP contribution in [0.1, 0.15) is 19.0 Å². The van der Waals surface area contributed by atoms with Gasteiger partial charge in [0.05, 0.1) is 11.4 Å². The molecule has 0 aromatic carbocycles. The monoisotopic (exact) mass is 224 g/mol. The fourth-order valence-corrected chi connectivity index (χ4v) is 1.92. The standard InChI is InChI=1S/C15H16N2/c1-3-7-12-8-6-9-13(15(12)16-2)14-10-4-5-11-17-14/h4-11H,3H2,1-2H3/b12-7-,16-15?. The van der Waals surface area contributed by atoms with Crippen LogP contribution in [0.5, 0.6) is 0 Å². The first-order valence-corrected chi connectivity index (χ1v) is 5.84. The van der Waals surface area contributed by atoms with E-state index in [1.165, 1.54) is 5.57 Å². The summed E-state index contributed by atoms with van der Waals surface area (Å²) < 4.78 is 0. The van der Waals surface area contributed by atoms with Crippen LogP contribution in [0, 0.1) is 0 Å². The quantitative estimate of drug-likeness (QED) is 0.755. The van der Waals surface area contributed by atoms with Crippen LogP contribution >= 0.6 is 0 Å². The van der Waals surface area contributed by atoms with Crippen LogP contribution in [0.25, 0.3) is 5.57 Å². The van der Waals surface area contributed by atoms with Crippen molar-refractivity contribution in [2.75, 3.05) is 7.05 Å².